The second kappa shape index (κ2) is 8.41. The van der Waals surface area contributed by atoms with Gasteiger partial charge in [-0.05, 0) is 12.8 Å². The molecule has 0 saturated heterocycles. The summed E-state index contributed by atoms with van der Waals surface area (Å²) < 4.78 is 0. The summed E-state index contributed by atoms with van der Waals surface area (Å²) in [4.78, 5) is 22.5. The predicted molar refractivity (Wildman–Crippen MR) is 65.4 cm³/mol. The summed E-state index contributed by atoms with van der Waals surface area (Å²) >= 11 is 4.01. The Balaban J connectivity index is 4.22. The maximum absolute atomic E-state index is 11.7. The van der Waals surface area contributed by atoms with Crippen LogP contribution in [0, 0.1) is 0 Å². The van der Waals surface area contributed by atoms with E-state index in [0.717, 1.165) is 6.42 Å². The summed E-state index contributed by atoms with van der Waals surface area (Å²) in [6.07, 6.45) is 1.26. The molecule has 3 N–H and O–H groups in total. The lowest BCUT2D eigenvalue weighted by atomic mass is 10.1. The summed E-state index contributed by atoms with van der Waals surface area (Å²) in [7, 11) is 0. The minimum atomic E-state index is -0.617. The zero-order chi connectivity index (χ0) is 12.6. The topological polar surface area (TPSA) is 78.4 Å². The molecule has 0 aliphatic rings. The molecule has 0 rings (SSSR count). The van der Waals surface area contributed by atoms with Gasteiger partial charge in [-0.3, -0.25) is 9.59 Å². The Morgan fingerprint density at radius 1 is 1.38 bits per heavy atom. The molecule has 0 spiro atoms. The van der Waals surface area contributed by atoms with Gasteiger partial charge in [0.15, 0.2) is 0 Å². The molecule has 94 valence electrons. The van der Waals surface area contributed by atoms with Crippen molar-refractivity contribution in [2.45, 2.75) is 38.8 Å². The van der Waals surface area contributed by atoms with Crippen molar-refractivity contribution in [1.82, 2.24) is 10.6 Å². The maximum atomic E-state index is 11.7. The Labute approximate surface area is 101 Å². The molecule has 0 bridgehead atoms. The molecule has 0 saturated carbocycles. The number of amides is 2. The van der Waals surface area contributed by atoms with E-state index < -0.39 is 6.04 Å². The molecule has 0 radical (unpaired) electrons. The first kappa shape index (κ1) is 15.2. The number of aliphatic hydroxyl groups excluding tert-OH is 1. The highest BCUT2D eigenvalue weighted by Crippen LogP contribution is 1.98. The van der Waals surface area contributed by atoms with Gasteiger partial charge in [0.25, 0.3) is 0 Å². The van der Waals surface area contributed by atoms with Gasteiger partial charge < -0.3 is 15.7 Å². The van der Waals surface area contributed by atoms with Crippen LogP contribution in [0.1, 0.15) is 26.7 Å². The summed E-state index contributed by atoms with van der Waals surface area (Å²) in [5.41, 5.74) is 0. The van der Waals surface area contributed by atoms with Crippen molar-refractivity contribution >= 4 is 24.4 Å². The van der Waals surface area contributed by atoms with Crippen LogP contribution in [0.3, 0.4) is 0 Å². The lowest BCUT2D eigenvalue weighted by molar-refractivity contribution is -0.128. The van der Waals surface area contributed by atoms with Crippen molar-refractivity contribution in [3.8, 4) is 0 Å². The molecule has 2 amide bonds. The number of thiol groups is 1. The van der Waals surface area contributed by atoms with E-state index in [4.69, 9.17) is 5.11 Å². The average molecular weight is 248 g/mol. The fourth-order valence-corrected chi connectivity index (χ4v) is 1.53. The molecule has 0 aliphatic carbocycles. The highest BCUT2D eigenvalue weighted by atomic mass is 32.1. The number of carbonyl (C=O) groups excluding carboxylic acids is 2. The van der Waals surface area contributed by atoms with E-state index >= 15 is 0 Å². The van der Waals surface area contributed by atoms with E-state index in [1.165, 1.54) is 6.92 Å². The predicted octanol–water partition coefficient (Wildman–Crippen LogP) is -0.302. The zero-order valence-electron chi connectivity index (χ0n) is 9.69. The van der Waals surface area contributed by atoms with Crippen LogP contribution in [-0.2, 0) is 9.59 Å². The highest BCUT2D eigenvalue weighted by Gasteiger charge is 2.19. The average Bonchev–Trinajstić information content (AvgIpc) is 2.24. The van der Waals surface area contributed by atoms with Crippen LogP contribution in [0.4, 0.5) is 0 Å². The van der Waals surface area contributed by atoms with Crippen molar-refractivity contribution in [3.63, 3.8) is 0 Å². The van der Waals surface area contributed by atoms with Crippen LogP contribution >= 0.6 is 12.6 Å². The summed E-state index contributed by atoms with van der Waals surface area (Å²) in [6, 6.07) is -0.679. The quantitative estimate of drug-likeness (QED) is 0.467. The van der Waals surface area contributed by atoms with Crippen LogP contribution in [-0.4, -0.2) is 41.4 Å². The van der Waals surface area contributed by atoms with Gasteiger partial charge in [-0.1, -0.05) is 6.92 Å². The monoisotopic (exact) mass is 248 g/mol. The third-order valence-corrected chi connectivity index (χ3v) is 2.56. The van der Waals surface area contributed by atoms with Crippen LogP contribution in [0.2, 0.25) is 0 Å². The molecular weight excluding hydrogens is 228 g/mol. The molecule has 2 unspecified atom stereocenters. The Bertz CT molecular complexity index is 236. The van der Waals surface area contributed by atoms with Crippen molar-refractivity contribution in [2.24, 2.45) is 0 Å². The number of rotatable bonds is 7. The maximum Gasteiger partial charge on any atom is 0.243 e. The first-order valence-electron chi connectivity index (χ1n) is 5.34. The summed E-state index contributed by atoms with van der Waals surface area (Å²) in [6.45, 7) is 3.31. The third kappa shape index (κ3) is 5.97. The van der Waals surface area contributed by atoms with Crippen molar-refractivity contribution in [1.29, 1.82) is 0 Å². The molecule has 5 nitrogen and oxygen atoms in total. The number of hydrogen-bond acceptors (Lipinski definition) is 4. The van der Waals surface area contributed by atoms with Gasteiger partial charge in [-0.25, -0.2) is 0 Å². The minimum Gasteiger partial charge on any atom is -0.396 e. The fourth-order valence-electron chi connectivity index (χ4n) is 1.28. The SMILES string of the molecule is CCC(CCO)NC(=O)C(CS)NC(C)=O. The van der Waals surface area contributed by atoms with E-state index in [9.17, 15) is 9.59 Å². The zero-order valence-corrected chi connectivity index (χ0v) is 10.6. The molecule has 2 atom stereocenters. The molecule has 16 heavy (non-hydrogen) atoms. The van der Waals surface area contributed by atoms with E-state index in [-0.39, 0.29) is 30.2 Å². The molecule has 0 aromatic rings. The van der Waals surface area contributed by atoms with Gasteiger partial charge >= 0.3 is 0 Å². The molecule has 6 heteroatoms. The highest BCUT2D eigenvalue weighted by molar-refractivity contribution is 7.80. The van der Waals surface area contributed by atoms with Crippen LogP contribution in [0.5, 0.6) is 0 Å². The van der Waals surface area contributed by atoms with Crippen molar-refractivity contribution in [2.75, 3.05) is 12.4 Å². The number of hydrogen-bond donors (Lipinski definition) is 4. The lowest BCUT2D eigenvalue weighted by Gasteiger charge is -2.20. The van der Waals surface area contributed by atoms with Gasteiger partial charge in [0.05, 0.1) is 0 Å². The number of carbonyl (C=O) groups is 2. The van der Waals surface area contributed by atoms with Crippen LogP contribution in [0.15, 0.2) is 0 Å². The Morgan fingerprint density at radius 3 is 2.38 bits per heavy atom. The van der Waals surface area contributed by atoms with E-state index in [1.54, 1.807) is 0 Å². The summed E-state index contributed by atoms with van der Waals surface area (Å²) in [5, 5.41) is 14.1. The largest absolute Gasteiger partial charge is 0.396 e. The summed E-state index contributed by atoms with van der Waals surface area (Å²) in [5.74, 6) is -0.268. The normalized spacial score (nSPS) is 14.0. The molecule has 0 aromatic carbocycles. The molecule has 0 fully saturated rings. The molecule has 0 heterocycles. The molecule has 0 aliphatic heterocycles. The first-order chi connectivity index (χ1) is 7.54. The van der Waals surface area contributed by atoms with Crippen LogP contribution in [0.25, 0.3) is 0 Å². The number of nitrogens with one attached hydrogen (secondary N) is 2. The lowest BCUT2D eigenvalue weighted by Crippen LogP contribution is -2.50. The van der Waals surface area contributed by atoms with Gasteiger partial charge in [0, 0.05) is 25.3 Å². The minimum absolute atomic E-state index is 0.0322. The Hall–Kier alpha value is -0.750. The first-order valence-corrected chi connectivity index (χ1v) is 5.97. The molecule has 0 aromatic heterocycles. The number of aliphatic hydroxyl groups is 1. The smallest absolute Gasteiger partial charge is 0.243 e. The van der Waals surface area contributed by atoms with Crippen molar-refractivity contribution in [3.05, 3.63) is 0 Å². The molecular formula is C10H20N2O3S. The van der Waals surface area contributed by atoms with E-state index in [0.29, 0.717) is 6.42 Å². The van der Waals surface area contributed by atoms with E-state index in [1.807, 2.05) is 6.92 Å². The Morgan fingerprint density at radius 2 is 2.00 bits per heavy atom. The second-order valence-electron chi connectivity index (χ2n) is 3.56. The van der Waals surface area contributed by atoms with E-state index in [2.05, 4.69) is 23.3 Å². The van der Waals surface area contributed by atoms with Gasteiger partial charge in [-0.15, -0.1) is 0 Å². The fraction of sp³-hybridized carbons (Fsp3) is 0.800. The van der Waals surface area contributed by atoms with Gasteiger partial charge in [0.2, 0.25) is 11.8 Å². The standard InChI is InChI=1S/C10H20N2O3S/c1-3-8(4-5-13)12-10(15)9(6-16)11-7(2)14/h8-9,13,16H,3-6H2,1-2H3,(H,11,14)(H,12,15). The second-order valence-corrected chi connectivity index (χ2v) is 3.93. The van der Waals surface area contributed by atoms with Gasteiger partial charge in [-0.2, -0.15) is 12.6 Å². The van der Waals surface area contributed by atoms with Crippen molar-refractivity contribution < 1.29 is 14.7 Å². The Kier molecular flexibility index (Phi) is 8.01. The van der Waals surface area contributed by atoms with Crippen LogP contribution < -0.4 is 10.6 Å². The third-order valence-electron chi connectivity index (χ3n) is 2.19. The van der Waals surface area contributed by atoms with Gasteiger partial charge in [0.1, 0.15) is 6.04 Å².